The number of allylic oxidation sites excluding steroid dienone is 2. The van der Waals surface area contributed by atoms with Crippen molar-refractivity contribution in [2.24, 2.45) is 13.0 Å². The van der Waals surface area contributed by atoms with Gasteiger partial charge in [-0.2, -0.15) is 0 Å². The van der Waals surface area contributed by atoms with Gasteiger partial charge in [-0.1, -0.05) is 63.1 Å². The maximum Gasteiger partial charge on any atom is 0.0495 e. The Bertz CT molecular complexity index is 1140. The van der Waals surface area contributed by atoms with E-state index in [9.17, 15) is 0 Å². The molecule has 1 unspecified atom stereocenters. The normalized spacial score (nSPS) is 15.1. The number of para-hydroxylation sites is 1. The molecule has 1 fully saturated rings. The average molecular weight is 415 g/mol. The van der Waals surface area contributed by atoms with Crippen molar-refractivity contribution in [2.75, 3.05) is 0 Å². The van der Waals surface area contributed by atoms with Crippen LogP contribution in [0.25, 0.3) is 22.6 Å². The Hall–Kier alpha value is -2.48. The van der Waals surface area contributed by atoms with E-state index in [1.54, 1.807) is 5.57 Å². The molecule has 1 saturated carbocycles. The number of aryl methyl sites for hydroxylation is 1. The van der Waals surface area contributed by atoms with Gasteiger partial charge in [0.2, 0.25) is 0 Å². The fourth-order valence-electron chi connectivity index (χ4n) is 4.88. The largest absolute Gasteiger partial charge is 0.347 e. The third-order valence-corrected chi connectivity index (χ3v) is 7.32. The van der Waals surface area contributed by atoms with E-state index in [0.29, 0.717) is 5.92 Å². The van der Waals surface area contributed by atoms with Crippen molar-refractivity contribution in [3.63, 3.8) is 0 Å². The van der Waals surface area contributed by atoms with Gasteiger partial charge in [-0.05, 0) is 63.1 Å². The third kappa shape index (κ3) is 3.82. The molecule has 164 valence electrons. The monoisotopic (exact) mass is 414 g/mol. The minimum atomic E-state index is 0.613. The van der Waals surface area contributed by atoms with Gasteiger partial charge < -0.3 is 9.13 Å². The molecule has 0 radical (unpaired) electrons. The second-order valence-electron chi connectivity index (χ2n) is 9.34. The van der Waals surface area contributed by atoms with E-state index in [4.69, 9.17) is 0 Å². The van der Waals surface area contributed by atoms with Crippen LogP contribution in [0.4, 0.5) is 0 Å². The number of hydrogen-bond donors (Lipinski definition) is 0. The maximum absolute atomic E-state index is 2.58. The molecule has 0 saturated heterocycles. The quantitative estimate of drug-likeness (QED) is 0.370. The van der Waals surface area contributed by atoms with E-state index in [0.717, 1.165) is 13.0 Å². The molecule has 1 aliphatic carbocycles. The van der Waals surface area contributed by atoms with Crippen molar-refractivity contribution in [1.82, 2.24) is 9.13 Å². The number of nitrogens with zero attached hydrogens (tertiary/aromatic N) is 2. The second kappa shape index (κ2) is 8.94. The van der Waals surface area contributed by atoms with Crippen molar-refractivity contribution < 1.29 is 0 Å². The highest BCUT2D eigenvalue weighted by atomic mass is 15.0. The summed E-state index contributed by atoms with van der Waals surface area (Å²) in [6.45, 7) is 12.5. The van der Waals surface area contributed by atoms with Crippen LogP contribution in [0.3, 0.4) is 0 Å². The molecule has 3 aromatic rings. The molecule has 4 rings (SSSR count). The van der Waals surface area contributed by atoms with Gasteiger partial charge in [0, 0.05) is 52.7 Å². The minimum Gasteiger partial charge on any atom is -0.347 e. The van der Waals surface area contributed by atoms with Gasteiger partial charge in [0.05, 0.1) is 0 Å². The highest BCUT2D eigenvalue weighted by Crippen LogP contribution is 2.43. The summed E-state index contributed by atoms with van der Waals surface area (Å²) in [6, 6.07) is 11.4. The lowest BCUT2D eigenvalue weighted by molar-refractivity contribution is 0.645. The lowest BCUT2D eigenvalue weighted by Crippen LogP contribution is -2.10. The van der Waals surface area contributed by atoms with E-state index in [1.807, 2.05) is 0 Å². The van der Waals surface area contributed by atoms with E-state index in [-0.39, 0.29) is 0 Å². The van der Waals surface area contributed by atoms with Crippen molar-refractivity contribution in [3.05, 3.63) is 70.2 Å². The van der Waals surface area contributed by atoms with Crippen LogP contribution >= 0.6 is 0 Å². The molecule has 2 aromatic heterocycles. The summed E-state index contributed by atoms with van der Waals surface area (Å²) >= 11 is 0. The Kier molecular flexibility index (Phi) is 6.27. The SMILES string of the molecule is CCCn1c(C(=C2CCC2)c2c(C)n(C)c3ccccc23)cc(/C=C\C(C)CC)c1C. The third-order valence-electron chi connectivity index (χ3n) is 7.32. The zero-order valence-electron chi connectivity index (χ0n) is 20.3. The number of benzene rings is 1. The lowest BCUT2D eigenvalue weighted by atomic mass is 9.83. The fraction of sp³-hybridized carbons (Fsp3) is 0.448. The van der Waals surface area contributed by atoms with Crippen LogP contribution in [0.2, 0.25) is 0 Å². The van der Waals surface area contributed by atoms with Gasteiger partial charge in [-0.15, -0.1) is 0 Å². The smallest absolute Gasteiger partial charge is 0.0495 e. The van der Waals surface area contributed by atoms with Crippen LogP contribution < -0.4 is 0 Å². The molecule has 1 aromatic carbocycles. The highest BCUT2D eigenvalue weighted by Gasteiger charge is 2.26. The molecule has 2 heterocycles. The van der Waals surface area contributed by atoms with E-state index in [2.05, 4.69) is 93.3 Å². The Balaban J connectivity index is 1.96. The molecular formula is C29H38N2. The molecule has 0 amide bonds. The molecule has 0 spiro atoms. The summed E-state index contributed by atoms with van der Waals surface area (Å²) < 4.78 is 4.95. The van der Waals surface area contributed by atoms with Gasteiger partial charge in [0.15, 0.2) is 0 Å². The zero-order valence-corrected chi connectivity index (χ0v) is 20.3. The number of aromatic nitrogens is 2. The van der Waals surface area contributed by atoms with Crippen molar-refractivity contribution >= 4 is 22.6 Å². The van der Waals surface area contributed by atoms with Crippen LogP contribution in [0.15, 0.2) is 42.0 Å². The van der Waals surface area contributed by atoms with Crippen molar-refractivity contribution in [1.29, 1.82) is 0 Å². The number of rotatable bonds is 7. The lowest BCUT2D eigenvalue weighted by Gasteiger charge is -2.24. The second-order valence-corrected chi connectivity index (χ2v) is 9.34. The summed E-state index contributed by atoms with van der Waals surface area (Å²) in [5, 5.41) is 1.38. The molecule has 2 heteroatoms. The molecular weight excluding hydrogens is 376 g/mol. The molecule has 1 atom stereocenters. The topological polar surface area (TPSA) is 9.86 Å². The van der Waals surface area contributed by atoms with E-state index < -0.39 is 0 Å². The Morgan fingerprint density at radius 1 is 1.10 bits per heavy atom. The molecule has 31 heavy (non-hydrogen) atoms. The average Bonchev–Trinajstić information content (AvgIpc) is 3.18. The summed E-state index contributed by atoms with van der Waals surface area (Å²) in [7, 11) is 2.21. The number of fused-ring (bicyclic) bond motifs is 1. The fourth-order valence-corrected chi connectivity index (χ4v) is 4.88. The summed E-state index contributed by atoms with van der Waals surface area (Å²) in [5.41, 5.74) is 11.5. The number of hydrogen-bond acceptors (Lipinski definition) is 0. The Morgan fingerprint density at radius 3 is 2.48 bits per heavy atom. The van der Waals surface area contributed by atoms with Gasteiger partial charge in [-0.25, -0.2) is 0 Å². The predicted octanol–water partition coefficient (Wildman–Crippen LogP) is 8.05. The van der Waals surface area contributed by atoms with Crippen LogP contribution in [-0.2, 0) is 13.6 Å². The van der Waals surface area contributed by atoms with Crippen LogP contribution in [0.1, 0.15) is 81.1 Å². The molecule has 0 aliphatic heterocycles. The molecule has 0 N–H and O–H groups in total. The predicted molar refractivity (Wildman–Crippen MR) is 135 cm³/mol. The standard InChI is InChI=1S/C29H38N2/c1-7-18-31-21(4)24(17-16-20(3)8-2)19-27(31)29(23-12-11-13-23)28-22(5)30(6)26-15-10-9-14-25(26)28/h9-10,14-17,19-20H,7-8,11-13,18H2,1-6H3/b17-16-. The van der Waals surface area contributed by atoms with Crippen LogP contribution in [0, 0.1) is 19.8 Å². The summed E-state index contributed by atoms with van der Waals surface area (Å²) in [5.74, 6) is 0.613. The maximum atomic E-state index is 2.58. The first kappa shape index (κ1) is 21.7. The molecule has 1 aliphatic rings. The van der Waals surface area contributed by atoms with Gasteiger partial charge in [0.1, 0.15) is 0 Å². The highest BCUT2D eigenvalue weighted by molar-refractivity contribution is 6.00. The van der Waals surface area contributed by atoms with Gasteiger partial charge in [0.25, 0.3) is 0 Å². The molecule has 0 bridgehead atoms. The first-order valence-corrected chi connectivity index (χ1v) is 12.1. The first-order valence-electron chi connectivity index (χ1n) is 12.1. The van der Waals surface area contributed by atoms with E-state index in [1.165, 1.54) is 70.4 Å². The van der Waals surface area contributed by atoms with Crippen LogP contribution in [0.5, 0.6) is 0 Å². The molecule has 2 nitrogen and oxygen atoms in total. The van der Waals surface area contributed by atoms with Crippen LogP contribution in [-0.4, -0.2) is 9.13 Å². The minimum absolute atomic E-state index is 0.613. The summed E-state index contributed by atoms with van der Waals surface area (Å²) in [4.78, 5) is 0. The van der Waals surface area contributed by atoms with Crippen molar-refractivity contribution in [3.8, 4) is 0 Å². The van der Waals surface area contributed by atoms with Gasteiger partial charge in [-0.3, -0.25) is 0 Å². The van der Waals surface area contributed by atoms with E-state index >= 15 is 0 Å². The first-order chi connectivity index (χ1) is 15.0. The Labute approximate surface area is 188 Å². The zero-order chi connectivity index (χ0) is 22.1. The van der Waals surface area contributed by atoms with Crippen molar-refractivity contribution in [2.45, 2.75) is 73.3 Å². The summed E-state index contributed by atoms with van der Waals surface area (Å²) in [6.07, 6.45) is 10.8. The van der Waals surface area contributed by atoms with Gasteiger partial charge >= 0.3 is 0 Å². The Morgan fingerprint density at radius 2 is 1.84 bits per heavy atom.